The molecule has 1 aliphatic carbocycles. The monoisotopic (exact) mass is 764 g/mol. The highest BCUT2D eigenvalue weighted by atomic mass is 31.2. The molecule has 1 rings (SSSR count). The first-order chi connectivity index (χ1) is 25.0. The number of rotatable bonds is 33. The summed E-state index contributed by atoms with van der Waals surface area (Å²) in [6.45, 7) is 4.14. The highest BCUT2D eigenvalue weighted by Gasteiger charge is 2.51. The Kier molecular flexibility index (Phi) is 29.2. The van der Waals surface area contributed by atoms with E-state index in [1.54, 1.807) is 0 Å². The van der Waals surface area contributed by atoms with Crippen molar-refractivity contribution in [1.29, 1.82) is 0 Å². The number of aliphatic hydroxyl groups is 5. The van der Waals surface area contributed by atoms with Gasteiger partial charge in [0, 0.05) is 13.0 Å². The predicted molar refractivity (Wildman–Crippen MR) is 203 cm³/mol. The van der Waals surface area contributed by atoms with Gasteiger partial charge in [-0.25, -0.2) is 4.57 Å². The molecule has 13 heteroatoms. The second-order valence-corrected chi connectivity index (χ2v) is 15.5. The van der Waals surface area contributed by atoms with E-state index < -0.39 is 63.1 Å². The number of aliphatic hydroxyl groups excluding tert-OH is 5. The first kappa shape index (κ1) is 48.8. The van der Waals surface area contributed by atoms with Gasteiger partial charge in [-0.05, 0) is 57.8 Å². The first-order valence-electron chi connectivity index (χ1n) is 20.2. The van der Waals surface area contributed by atoms with E-state index in [1.165, 1.54) is 51.4 Å². The van der Waals surface area contributed by atoms with Crippen LogP contribution in [0, 0.1) is 0 Å². The van der Waals surface area contributed by atoms with Crippen LogP contribution in [-0.2, 0) is 27.9 Å². The fourth-order valence-corrected chi connectivity index (χ4v) is 6.97. The van der Waals surface area contributed by atoms with Gasteiger partial charge in [0.1, 0.15) is 42.7 Å². The lowest BCUT2D eigenvalue weighted by Gasteiger charge is -2.41. The topological polar surface area (TPSA) is 192 Å². The second kappa shape index (κ2) is 31.1. The molecule has 0 bridgehead atoms. The number of phosphoric acid groups is 1. The summed E-state index contributed by atoms with van der Waals surface area (Å²) < 4.78 is 34.0. The fourth-order valence-electron chi connectivity index (χ4n) is 6.00. The van der Waals surface area contributed by atoms with Crippen molar-refractivity contribution in [2.75, 3.05) is 19.8 Å². The maximum absolute atomic E-state index is 12.7. The molecule has 1 fully saturated rings. The lowest BCUT2D eigenvalue weighted by molar-refractivity contribution is -0.220. The van der Waals surface area contributed by atoms with Gasteiger partial charge in [-0.2, -0.15) is 0 Å². The number of unbranched alkanes of at least 4 members (excludes halogenated alkanes) is 17. The summed E-state index contributed by atoms with van der Waals surface area (Å²) in [5, 5.41) is 49.9. The summed E-state index contributed by atoms with van der Waals surface area (Å²) in [7, 11) is -5.01. The van der Waals surface area contributed by atoms with Crippen LogP contribution >= 0.6 is 7.82 Å². The molecule has 0 saturated heterocycles. The van der Waals surface area contributed by atoms with Crippen LogP contribution in [0.2, 0.25) is 0 Å². The molecule has 0 aromatic heterocycles. The number of carbonyl (C=O) groups is 1. The van der Waals surface area contributed by atoms with E-state index in [-0.39, 0.29) is 13.0 Å². The van der Waals surface area contributed by atoms with E-state index in [4.69, 9.17) is 18.5 Å². The molecule has 0 heterocycles. The standard InChI is InChI=1S/C39H73O12P/c1-3-5-7-9-11-13-15-16-17-18-19-21-23-25-27-29-48-30-32(50-33(40)28-26-24-22-20-14-12-10-8-6-4-2)31-49-52(46,47)51-39-37(44)35(42)34(41)36(43)38(39)45/h8,10,15-16,32,34-39,41-45H,3-7,9,11-14,17-31H2,1-2H3,(H,46,47)/b10-8-,16-15-. The Morgan fingerprint density at radius 2 is 1.06 bits per heavy atom. The molecule has 306 valence electrons. The van der Waals surface area contributed by atoms with Crippen molar-refractivity contribution < 1.29 is 58.3 Å². The van der Waals surface area contributed by atoms with E-state index in [1.807, 2.05) is 0 Å². The molecular weight excluding hydrogens is 691 g/mol. The zero-order valence-electron chi connectivity index (χ0n) is 32.1. The Balaban J connectivity index is 2.45. The van der Waals surface area contributed by atoms with Crippen molar-refractivity contribution in [1.82, 2.24) is 0 Å². The van der Waals surface area contributed by atoms with Crippen molar-refractivity contribution in [2.24, 2.45) is 0 Å². The third kappa shape index (κ3) is 23.6. The number of carbonyl (C=O) groups excluding carboxylic acids is 1. The number of ether oxygens (including phenoxy) is 2. The van der Waals surface area contributed by atoms with Gasteiger partial charge in [0.2, 0.25) is 0 Å². The molecular formula is C39H73O12P. The van der Waals surface area contributed by atoms with Gasteiger partial charge < -0.3 is 39.9 Å². The van der Waals surface area contributed by atoms with E-state index in [9.17, 15) is 39.8 Å². The van der Waals surface area contributed by atoms with Gasteiger partial charge in [-0.3, -0.25) is 13.8 Å². The van der Waals surface area contributed by atoms with Crippen LogP contribution < -0.4 is 0 Å². The summed E-state index contributed by atoms with van der Waals surface area (Å²) in [5.74, 6) is -0.492. The zero-order chi connectivity index (χ0) is 38.5. The number of hydrogen-bond acceptors (Lipinski definition) is 11. The zero-order valence-corrected chi connectivity index (χ0v) is 33.0. The Bertz CT molecular complexity index is 963. The Morgan fingerprint density at radius 1 is 0.596 bits per heavy atom. The summed E-state index contributed by atoms with van der Waals surface area (Å²) in [6, 6.07) is 0. The predicted octanol–water partition coefficient (Wildman–Crippen LogP) is 6.97. The molecule has 12 nitrogen and oxygen atoms in total. The van der Waals surface area contributed by atoms with Crippen molar-refractivity contribution in [3.8, 4) is 0 Å². The molecule has 52 heavy (non-hydrogen) atoms. The molecule has 0 amide bonds. The van der Waals surface area contributed by atoms with E-state index in [0.29, 0.717) is 13.0 Å². The van der Waals surface area contributed by atoms with Gasteiger partial charge >= 0.3 is 13.8 Å². The maximum atomic E-state index is 12.7. The number of hydrogen-bond donors (Lipinski definition) is 6. The van der Waals surface area contributed by atoms with Crippen LogP contribution in [-0.4, -0.2) is 98.9 Å². The van der Waals surface area contributed by atoms with Crippen molar-refractivity contribution in [3.63, 3.8) is 0 Å². The molecule has 0 aromatic rings. The molecule has 6 atom stereocenters. The minimum Gasteiger partial charge on any atom is -0.457 e. The van der Waals surface area contributed by atoms with Crippen molar-refractivity contribution in [2.45, 2.75) is 198 Å². The number of esters is 1. The van der Waals surface area contributed by atoms with Crippen molar-refractivity contribution in [3.05, 3.63) is 24.3 Å². The molecule has 0 radical (unpaired) electrons. The van der Waals surface area contributed by atoms with Crippen LogP contribution in [0.3, 0.4) is 0 Å². The third-order valence-corrected chi connectivity index (χ3v) is 10.3. The molecule has 6 unspecified atom stereocenters. The lowest BCUT2D eigenvalue weighted by atomic mass is 9.85. The molecule has 0 aliphatic heterocycles. The Morgan fingerprint density at radius 3 is 1.60 bits per heavy atom. The van der Waals surface area contributed by atoms with E-state index in [0.717, 1.165) is 77.0 Å². The van der Waals surface area contributed by atoms with Crippen LogP contribution in [0.15, 0.2) is 24.3 Å². The van der Waals surface area contributed by atoms with Crippen LogP contribution in [0.1, 0.15) is 155 Å². The van der Waals surface area contributed by atoms with Gasteiger partial charge in [0.05, 0.1) is 13.2 Å². The lowest BCUT2D eigenvalue weighted by Crippen LogP contribution is -2.64. The highest BCUT2D eigenvalue weighted by Crippen LogP contribution is 2.47. The van der Waals surface area contributed by atoms with Crippen LogP contribution in [0.25, 0.3) is 0 Å². The highest BCUT2D eigenvalue weighted by molar-refractivity contribution is 7.47. The first-order valence-corrected chi connectivity index (χ1v) is 21.7. The summed E-state index contributed by atoms with van der Waals surface area (Å²) in [4.78, 5) is 23.0. The summed E-state index contributed by atoms with van der Waals surface area (Å²) in [6.07, 6.45) is 19.8. The quantitative estimate of drug-likeness (QED) is 0.0174. The van der Waals surface area contributed by atoms with E-state index in [2.05, 4.69) is 38.2 Å². The largest absolute Gasteiger partial charge is 0.472 e. The molecule has 6 N–H and O–H groups in total. The molecule has 1 aliphatic rings. The minimum atomic E-state index is -5.01. The SMILES string of the molecule is CCC/C=C\CCCCCCCC(=O)OC(COCCCCCCCC/C=C\CCCCCCC)COP(=O)(O)OC1C(O)C(O)C(O)C(O)C1O. The normalized spacial score (nSPS) is 24.1. The Hall–Kier alpha value is -1.18. The van der Waals surface area contributed by atoms with Gasteiger partial charge in [-0.15, -0.1) is 0 Å². The van der Waals surface area contributed by atoms with E-state index >= 15 is 0 Å². The Labute approximate surface area is 313 Å². The second-order valence-electron chi connectivity index (χ2n) is 14.1. The average molecular weight is 765 g/mol. The molecule has 0 spiro atoms. The third-order valence-electron chi connectivity index (χ3n) is 9.28. The minimum absolute atomic E-state index is 0.0828. The average Bonchev–Trinajstić information content (AvgIpc) is 3.12. The number of phosphoric ester groups is 1. The summed E-state index contributed by atoms with van der Waals surface area (Å²) >= 11 is 0. The molecule has 1 saturated carbocycles. The van der Waals surface area contributed by atoms with Crippen LogP contribution in [0.4, 0.5) is 0 Å². The number of allylic oxidation sites excluding steroid dienone is 4. The smallest absolute Gasteiger partial charge is 0.457 e. The molecule has 0 aromatic carbocycles. The van der Waals surface area contributed by atoms with Crippen molar-refractivity contribution >= 4 is 13.8 Å². The summed E-state index contributed by atoms with van der Waals surface area (Å²) in [5.41, 5.74) is 0. The van der Waals surface area contributed by atoms with Crippen LogP contribution in [0.5, 0.6) is 0 Å². The van der Waals surface area contributed by atoms with Gasteiger partial charge in [0.15, 0.2) is 0 Å². The maximum Gasteiger partial charge on any atom is 0.472 e. The van der Waals surface area contributed by atoms with Gasteiger partial charge in [0.25, 0.3) is 0 Å². The fraction of sp³-hybridized carbons (Fsp3) is 0.872. The van der Waals surface area contributed by atoms with Gasteiger partial charge in [-0.1, -0.05) is 115 Å².